The Bertz CT molecular complexity index is 262. The number of carbonyl (C=O) groups excluding carboxylic acids is 1. The summed E-state index contributed by atoms with van der Waals surface area (Å²) in [5, 5.41) is 0. The molecule has 0 radical (unpaired) electrons. The molecular formula is C18H35NO2. The van der Waals surface area contributed by atoms with Crippen molar-refractivity contribution >= 4 is 5.97 Å². The number of ether oxygens (including phenoxy) is 1. The smallest absolute Gasteiger partial charge is 0.323 e. The van der Waals surface area contributed by atoms with Gasteiger partial charge in [-0.15, -0.1) is 0 Å². The number of hydrogen-bond acceptors (Lipinski definition) is 3. The molecule has 21 heavy (non-hydrogen) atoms. The molecule has 0 spiro atoms. The second kappa shape index (κ2) is 12.0. The van der Waals surface area contributed by atoms with Gasteiger partial charge in [0.2, 0.25) is 0 Å². The molecule has 0 aliphatic carbocycles. The zero-order chi connectivity index (χ0) is 15.3. The van der Waals surface area contributed by atoms with Crippen LogP contribution in [0, 0.1) is 0 Å². The van der Waals surface area contributed by atoms with E-state index >= 15 is 0 Å². The van der Waals surface area contributed by atoms with E-state index in [0.717, 1.165) is 25.9 Å². The number of rotatable bonds is 11. The van der Waals surface area contributed by atoms with Crippen LogP contribution in [0.25, 0.3) is 0 Å². The Morgan fingerprint density at radius 1 is 0.952 bits per heavy atom. The maximum absolute atomic E-state index is 12.2. The number of esters is 1. The minimum Gasteiger partial charge on any atom is -0.465 e. The third-order valence-electron chi connectivity index (χ3n) is 4.47. The van der Waals surface area contributed by atoms with Crippen molar-refractivity contribution in [1.82, 2.24) is 4.90 Å². The molecule has 3 nitrogen and oxygen atoms in total. The first-order valence-corrected chi connectivity index (χ1v) is 9.20. The van der Waals surface area contributed by atoms with E-state index in [1.165, 1.54) is 57.8 Å². The van der Waals surface area contributed by atoms with E-state index in [1.54, 1.807) is 0 Å². The zero-order valence-electron chi connectivity index (χ0n) is 14.2. The Morgan fingerprint density at radius 2 is 1.57 bits per heavy atom. The van der Waals surface area contributed by atoms with Gasteiger partial charge in [-0.25, -0.2) is 0 Å². The minimum absolute atomic E-state index is 0.00498. The largest absolute Gasteiger partial charge is 0.465 e. The van der Waals surface area contributed by atoms with Crippen molar-refractivity contribution in [2.24, 2.45) is 0 Å². The third kappa shape index (κ3) is 7.85. The van der Waals surface area contributed by atoms with E-state index in [9.17, 15) is 4.79 Å². The van der Waals surface area contributed by atoms with Crippen LogP contribution >= 0.6 is 0 Å². The number of carbonyl (C=O) groups is 1. The molecule has 0 amide bonds. The lowest BCUT2D eigenvalue weighted by molar-refractivity contribution is -0.150. The van der Waals surface area contributed by atoms with Gasteiger partial charge >= 0.3 is 5.97 Å². The molecule has 0 N–H and O–H groups in total. The predicted octanol–water partition coefficient (Wildman–Crippen LogP) is 4.54. The molecule has 0 unspecified atom stereocenters. The van der Waals surface area contributed by atoms with Crippen molar-refractivity contribution in [3.8, 4) is 0 Å². The Labute approximate surface area is 131 Å². The average Bonchev–Trinajstić information content (AvgIpc) is 2.51. The zero-order valence-corrected chi connectivity index (χ0v) is 14.2. The summed E-state index contributed by atoms with van der Waals surface area (Å²) in [5.41, 5.74) is 0. The molecule has 0 aromatic carbocycles. The molecule has 0 aromatic heterocycles. The van der Waals surface area contributed by atoms with Crippen molar-refractivity contribution in [3.05, 3.63) is 0 Å². The standard InChI is InChI=1S/C18H35NO2/c1-3-5-6-7-8-9-11-14-17(18(20)21-4-2)19-15-12-10-13-16-19/h17H,3-16H2,1-2H3/t17-/m0/s1. The highest BCUT2D eigenvalue weighted by molar-refractivity contribution is 5.75. The van der Waals surface area contributed by atoms with Crippen LogP contribution < -0.4 is 0 Å². The normalized spacial score (nSPS) is 17.6. The first-order chi connectivity index (χ1) is 10.3. The van der Waals surface area contributed by atoms with Crippen molar-refractivity contribution < 1.29 is 9.53 Å². The fourth-order valence-electron chi connectivity index (χ4n) is 3.21. The lowest BCUT2D eigenvalue weighted by atomic mass is 10.0. The highest BCUT2D eigenvalue weighted by Crippen LogP contribution is 2.18. The van der Waals surface area contributed by atoms with E-state index in [2.05, 4.69) is 11.8 Å². The van der Waals surface area contributed by atoms with Gasteiger partial charge in [0.15, 0.2) is 0 Å². The predicted molar refractivity (Wildman–Crippen MR) is 88.5 cm³/mol. The number of likely N-dealkylation sites (tertiary alicyclic amines) is 1. The molecule has 1 heterocycles. The summed E-state index contributed by atoms with van der Waals surface area (Å²) < 4.78 is 5.29. The first kappa shape index (κ1) is 18.5. The summed E-state index contributed by atoms with van der Waals surface area (Å²) in [6.07, 6.45) is 13.9. The maximum Gasteiger partial charge on any atom is 0.323 e. The van der Waals surface area contributed by atoms with E-state index in [0.29, 0.717) is 6.61 Å². The lowest BCUT2D eigenvalue weighted by Crippen LogP contribution is -2.44. The van der Waals surface area contributed by atoms with Crippen LogP contribution in [0.15, 0.2) is 0 Å². The number of nitrogens with zero attached hydrogens (tertiary/aromatic N) is 1. The number of piperidine rings is 1. The molecular weight excluding hydrogens is 262 g/mol. The second-order valence-electron chi connectivity index (χ2n) is 6.27. The molecule has 3 heteroatoms. The first-order valence-electron chi connectivity index (χ1n) is 9.20. The van der Waals surface area contributed by atoms with Gasteiger partial charge in [0.05, 0.1) is 6.61 Å². The van der Waals surface area contributed by atoms with Crippen LogP contribution in [0.2, 0.25) is 0 Å². The number of hydrogen-bond donors (Lipinski definition) is 0. The summed E-state index contributed by atoms with van der Waals surface area (Å²) >= 11 is 0. The Morgan fingerprint density at radius 3 is 2.19 bits per heavy atom. The van der Waals surface area contributed by atoms with Crippen molar-refractivity contribution in [1.29, 1.82) is 0 Å². The molecule has 1 aliphatic heterocycles. The second-order valence-corrected chi connectivity index (χ2v) is 6.27. The highest BCUT2D eigenvalue weighted by atomic mass is 16.5. The third-order valence-corrected chi connectivity index (χ3v) is 4.47. The molecule has 0 bridgehead atoms. The van der Waals surface area contributed by atoms with Crippen LogP contribution in [0.3, 0.4) is 0 Å². The van der Waals surface area contributed by atoms with Crippen LogP contribution in [-0.2, 0) is 9.53 Å². The van der Waals surface area contributed by atoms with Gasteiger partial charge in [-0.2, -0.15) is 0 Å². The van der Waals surface area contributed by atoms with Crippen molar-refractivity contribution in [3.63, 3.8) is 0 Å². The summed E-state index contributed by atoms with van der Waals surface area (Å²) in [6.45, 7) is 6.79. The van der Waals surface area contributed by atoms with E-state index in [-0.39, 0.29) is 12.0 Å². The topological polar surface area (TPSA) is 29.5 Å². The van der Waals surface area contributed by atoms with Crippen LogP contribution in [0.4, 0.5) is 0 Å². The lowest BCUT2D eigenvalue weighted by Gasteiger charge is -2.33. The van der Waals surface area contributed by atoms with E-state index < -0.39 is 0 Å². The van der Waals surface area contributed by atoms with Gasteiger partial charge in [-0.1, -0.05) is 58.3 Å². The fourth-order valence-corrected chi connectivity index (χ4v) is 3.21. The van der Waals surface area contributed by atoms with Gasteiger partial charge in [0.1, 0.15) is 6.04 Å². The van der Waals surface area contributed by atoms with Crippen molar-refractivity contribution in [2.75, 3.05) is 19.7 Å². The molecule has 1 fully saturated rings. The summed E-state index contributed by atoms with van der Waals surface area (Å²) in [4.78, 5) is 14.5. The Kier molecular flexibility index (Phi) is 10.6. The van der Waals surface area contributed by atoms with Crippen LogP contribution in [0.5, 0.6) is 0 Å². The van der Waals surface area contributed by atoms with Gasteiger partial charge in [0, 0.05) is 0 Å². The molecule has 124 valence electrons. The molecule has 1 aliphatic rings. The van der Waals surface area contributed by atoms with Crippen LogP contribution in [-0.4, -0.2) is 36.6 Å². The summed E-state index contributed by atoms with van der Waals surface area (Å²) in [6, 6.07) is 0.0147. The molecule has 1 atom stereocenters. The molecule has 0 aromatic rings. The van der Waals surface area contributed by atoms with Gasteiger partial charge in [-0.05, 0) is 39.3 Å². The van der Waals surface area contributed by atoms with Crippen molar-refractivity contribution in [2.45, 2.75) is 90.5 Å². The summed E-state index contributed by atoms with van der Waals surface area (Å²) in [7, 11) is 0. The minimum atomic E-state index is 0.00498. The average molecular weight is 297 g/mol. The monoisotopic (exact) mass is 297 g/mol. The van der Waals surface area contributed by atoms with Gasteiger partial charge < -0.3 is 4.74 Å². The molecule has 1 saturated heterocycles. The quantitative estimate of drug-likeness (QED) is 0.414. The van der Waals surface area contributed by atoms with E-state index in [4.69, 9.17) is 4.74 Å². The maximum atomic E-state index is 12.2. The summed E-state index contributed by atoms with van der Waals surface area (Å²) in [5.74, 6) is 0.00498. The SMILES string of the molecule is CCCCCCCCC[C@@H](C(=O)OCC)N1CCCCC1. The Hall–Kier alpha value is -0.570. The van der Waals surface area contributed by atoms with Gasteiger partial charge in [-0.3, -0.25) is 9.69 Å². The highest BCUT2D eigenvalue weighted by Gasteiger charge is 2.27. The van der Waals surface area contributed by atoms with Gasteiger partial charge in [0.25, 0.3) is 0 Å². The molecule has 1 rings (SSSR count). The molecule has 0 saturated carbocycles. The number of unbranched alkanes of at least 4 members (excludes halogenated alkanes) is 6. The van der Waals surface area contributed by atoms with E-state index in [1.807, 2.05) is 6.92 Å². The Balaban J connectivity index is 2.26. The van der Waals surface area contributed by atoms with Crippen LogP contribution in [0.1, 0.15) is 84.5 Å². The fraction of sp³-hybridized carbons (Fsp3) is 0.944.